The molecule has 0 bridgehead atoms. The van der Waals surface area contributed by atoms with E-state index in [4.69, 9.17) is 0 Å². The number of piperazine rings is 1. The van der Waals surface area contributed by atoms with E-state index >= 15 is 0 Å². The molecule has 2 aromatic rings. The minimum absolute atomic E-state index is 0.314. The zero-order valence-corrected chi connectivity index (χ0v) is 14.4. The van der Waals surface area contributed by atoms with Crippen LogP contribution in [0.2, 0.25) is 0 Å². The van der Waals surface area contributed by atoms with E-state index in [1.807, 2.05) is 25.6 Å². The minimum atomic E-state index is -0.913. The molecule has 1 fully saturated rings. The third-order valence-electron chi connectivity index (χ3n) is 4.53. The molecular formula is C17H23N5O2. The zero-order chi connectivity index (χ0) is 17.3. The summed E-state index contributed by atoms with van der Waals surface area (Å²) in [4.78, 5) is 20.3. The number of pyridine rings is 1. The second-order valence-corrected chi connectivity index (χ2v) is 6.31. The molecule has 0 unspecified atom stereocenters. The largest absolute Gasteiger partial charge is 0.478 e. The molecule has 128 valence electrons. The van der Waals surface area contributed by atoms with Crippen LogP contribution in [0.5, 0.6) is 0 Å². The number of carboxylic acids is 1. The molecule has 0 saturated carbocycles. The molecule has 1 N–H and O–H groups in total. The molecule has 1 aliphatic rings. The summed E-state index contributed by atoms with van der Waals surface area (Å²) < 4.78 is 1.84. The molecule has 0 aliphatic carbocycles. The molecule has 3 heterocycles. The predicted octanol–water partition coefficient (Wildman–Crippen LogP) is 1.45. The lowest BCUT2D eigenvalue weighted by molar-refractivity contribution is 0.0696. The van der Waals surface area contributed by atoms with Gasteiger partial charge in [-0.15, -0.1) is 0 Å². The third kappa shape index (κ3) is 3.26. The molecule has 0 atom stereocenters. The van der Waals surface area contributed by atoms with Gasteiger partial charge in [0.1, 0.15) is 11.4 Å². The Labute approximate surface area is 141 Å². The van der Waals surface area contributed by atoms with Gasteiger partial charge in [-0.3, -0.25) is 9.58 Å². The standard InChI is InChI=1S/C17H23N5O2/c1-12-4-5-18-16(15(12)17(23)24)22-8-6-21(7-9-22)11-14-10-20(3)19-13(14)2/h4-5,10H,6-9,11H2,1-3H3,(H,23,24). The molecule has 0 spiro atoms. The Balaban J connectivity index is 1.68. The van der Waals surface area contributed by atoms with Crippen molar-refractivity contribution >= 4 is 11.8 Å². The number of carboxylic acid groups (broad SMARTS) is 1. The summed E-state index contributed by atoms with van der Waals surface area (Å²) in [6.07, 6.45) is 3.74. The van der Waals surface area contributed by atoms with Crippen LogP contribution in [-0.4, -0.2) is 56.9 Å². The van der Waals surface area contributed by atoms with E-state index in [0.29, 0.717) is 11.4 Å². The van der Waals surface area contributed by atoms with Crippen molar-refractivity contribution in [1.29, 1.82) is 0 Å². The van der Waals surface area contributed by atoms with Crippen molar-refractivity contribution in [1.82, 2.24) is 19.7 Å². The highest BCUT2D eigenvalue weighted by Crippen LogP contribution is 2.23. The highest BCUT2D eigenvalue weighted by atomic mass is 16.4. The third-order valence-corrected chi connectivity index (χ3v) is 4.53. The quantitative estimate of drug-likeness (QED) is 0.915. The zero-order valence-electron chi connectivity index (χ0n) is 14.4. The summed E-state index contributed by atoms with van der Waals surface area (Å²) in [6, 6.07) is 1.74. The molecule has 0 amide bonds. The number of hydrogen-bond acceptors (Lipinski definition) is 5. The molecule has 1 saturated heterocycles. The van der Waals surface area contributed by atoms with Crippen LogP contribution in [-0.2, 0) is 13.6 Å². The van der Waals surface area contributed by atoms with Gasteiger partial charge in [-0.05, 0) is 25.5 Å². The van der Waals surface area contributed by atoms with Crippen molar-refractivity contribution in [2.75, 3.05) is 31.1 Å². The minimum Gasteiger partial charge on any atom is -0.478 e. The van der Waals surface area contributed by atoms with Crippen molar-refractivity contribution in [2.45, 2.75) is 20.4 Å². The fourth-order valence-corrected chi connectivity index (χ4v) is 3.21. The first-order valence-corrected chi connectivity index (χ1v) is 8.11. The predicted molar refractivity (Wildman–Crippen MR) is 91.4 cm³/mol. The summed E-state index contributed by atoms with van der Waals surface area (Å²) in [5, 5.41) is 13.9. The van der Waals surface area contributed by atoms with Crippen molar-refractivity contribution in [3.63, 3.8) is 0 Å². The number of nitrogens with zero attached hydrogens (tertiary/aromatic N) is 5. The van der Waals surface area contributed by atoms with E-state index in [1.54, 1.807) is 12.3 Å². The van der Waals surface area contributed by atoms with Crippen LogP contribution in [0, 0.1) is 13.8 Å². The fourth-order valence-electron chi connectivity index (χ4n) is 3.21. The van der Waals surface area contributed by atoms with Crippen LogP contribution in [0.15, 0.2) is 18.5 Å². The molecule has 7 nitrogen and oxygen atoms in total. The van der Waals surface area contributed by atoms with Crippen LogP contribution in [0.4, 0.5) is 5.82 Å². The lowest BCUT2D eigenvalue weighted by atomic mass is 10.1. The van der Waals surface area contributed by atoms with Gasteiger partial charge in [0.2, 0.25) is 0 Å². The summed E-state index contributed by atoms with van der Waals surface area (Å²) >= 11 is 0. The van der Waals surface area contributed by atoms with Gasteiger partial charge in [0.05, 0.1) is 5.69 Å². The second kappa shape index (κ2) is 6.60. The van der Waals surface area contributed by atoms with Crippen molar-refractivity contribution in [3.05, 3.63) is 40.8 Å². The fraction of sp³-hybridized carbons (Fsp3) is 0.471. The van der Waals surface area contributed by atoms with Gasteiger partial charge in [-0.25, -0.2) is 9.78 Å². The average Bonchev–Trinajstić information content (AvgIpc) is 2.85. The highest BCUT2D eigenvalue weighted by molar-refractivity contribution is 5.95. The molecule has 2 aromatic heterocycles. The maximum atomic E-state index is 11.5. The Morgan fingerprint density at radius 2 is 1.96 bits per heavy atom. The normalized spacial score (nSPS) is 15.7. The van der Waals surface area contributed by atoms with Gasteiger partial charge >= 0.3 is 5.97 Å². The first kappa shape index (κ1) is 16.4. The maximum absolute atomic E-state index is 11.5. The molecule has 7 heteroatoms. The number of anilines is 1. The van der Waals surface area contributed by atoms with E-state index in [0.717, 1.165) is 44.0 Å². The first-order chi connectivity index (χ1) is 11.5. The number of aromatic nitrogens is 3. The van der Waals surface area contributed by atoms with Gasteiger partial charge in [0.25, 0.3) is 0 Å². The van der Waals surface area contributed by atoms with E-state index in [1.165, 1.54) is 5.56 Å². The lowest BCUT2D eigenvalue weighted by Gasteiger charge is -2.36. The number of aromatic carboxylic acids is 1. The van der Waals surface area contributed by atoms with Gasteiger partial charge < -0.3 is 10.0 Å². The highest BCUT2D eigenvalue weighted by Gasteiger charge is 2.24. The number of carbonyl (C=O) groups is 1. The Bertz CT molecular complexity index is 747. The SMILES string of the molecule is Cc1ccnc(N2CCN(Cc3cn(C)nc3C)CC2)c1C(=O)O. The molecule has 24 heavy (non-hydrogen) atoms. The average molecular weight is 329 g/mol. The molecule has 0 aromatic carbocycles. The summed E-state index contributed by atoms with van der Waals surface area (Å²) in [6.45, 7) is 8.02. The lowest BCUT2D eigenvalue weighted by Crippen LogP contribution is -2.46. The number of rotatable bonds is 4. The molecule has 0 radical (unpaired) electrons. The van der Waals surface area contributed by atoms with Crippen LogP contribution < -0.4 is 4.90 Å². The summed E-state index contributed by atoms with van der Waals surface area (Å²) in [7, 11) is 1.94. The van der Waals surface area contributed by atoms with Crippen molar-refractivity contribution in [3.8, 4) is 0 Å². The van der Waals surface area contributed by atoms with Crippen molar-refractivity contribution in [2.24, 2.45) is 7.05 Å². The number of hydrogen-bond donors (Lipinski definition) is 1. The first-order valence-electron chi connectivity index (χ1n) is 8.11. The van der Waals surface area contributed by atoms with E-state index in [-0.39, 0.29) is 0 Å². The topological polar surface area (TPSA) is 74.5 Å². The van der Waals surface area contributed by atoms with Crippen LogP contribution >= 0.6 is 0 Å². The van der Waals surface area contributed by atoms with E-state index in [2.05, 4.69) is 26.1 Å². The van der Waals surface area contributed by atoms with Crippen LogP contribution in [0.3, 0.4) is 0 Å². The van der Waals surface area contributed by atoms with Gasteiger partial charge in [0.15, 0.2) is 0 Å². The van der Waals surface area contributed by atoms with Crippen LogP contribution in [0.25, 0.3) is 0 Å². The summed E-state index contributed by atoms with van der Waals surface area (Å²) in [5.41, 5.74) is 3.37. The maximum Gasteiger partial charge on any atom is 0.339 e. The number of aryl methyl sites for hydroxylation is 3. The summed E-state index contributed by atoms with van der Waals surface area (Å²) in [5.74, 6) is -0.330. The Hall–Kier alpha value is -2.41. The van der Waals surface area contributed by atoms with E-state index in [9.17, 15) is 9.90 Å². The van der Waals surface area contributed by atoms with Crippen LogP contribution in [0.1, 0.15) is 27.2 Å². The monoisotopic (exact) mass is 329 g/mol. The molecule has 1 aliphatic heterocycles. The Kier molecular flexibility index (Phi) is 4.53. The van der Waals surface area contributed by atoms with Crippen molar-refractivity contribution < 1.29 is 9.90 Å². The van der Waals surface area contributed by atoms with Gasteiger partial charge in [-0.2, -0.15) is 5.10 Å². The molecule has 3 rings (SSSR count). The molecular weight excluding hydrogens is 306 g/mol. The smallest absolute Gasteiger partial charge is 0.339 e. The Morgan fingerprint density at radius 1 is 1.25 bits per heavy atom. The second-order valence-electron chi connectivity index (χ2n) is 6.31. The van der Waals surface area contributed by atoms with Gasteiger partial charge in [0, 0.05) is 57.7 Å². The Morgan fingerprint density at radius 3 is 2.54 bits per heavy atom. The van der Waals surface area contributed by atoms with E-state index < -0.39 is 5.97 Å². The van der Waals surface area contributed by atoms with Gasteiger partial charge in [-0.1, -0.05) is 0 Å².